The highest BCUT2D eigenvalue weighted by Gasteiger charge is 2.45. The van der Waals surface area contributed by atoms with Crippen molar-refractivity contribution < 1.29 is 19.6 Å². The van der Waals surface area contributed by atoms with Crippen molar-refractivity contribution in [3.8, 4) is 5.75 Å². The number of nitrogens with one attached hydrogen (secondary N) is 1. The van der Waals surface area contributed by atoms with Crippen LogP contribution >= 0.6 is 0 Å². The minimum atomic E-state index is -0.594. The molecule has 0 unspecified atom stereocenters. The van der Waals surface area contributed by atoms with Crippen LogP contribution in [0.4, 0.5) is 5.69 Å². The van der Waals surface area contributed by atoms with E-state index in [1.807, 2.05) is 0 Å². The van der Waals surface area contributed by atoms with E-state index in [9.17, 15) is 20.0 Å². The number of nitro benzene ring substituents is 1. The Morgan fingerprint density at radius 3 is 3.00 bits per heavy atom. The third-order valence-electron chi connectivity index (χ3n) is 5.29. The second kappa shape index (κ2) is 7.59. The van der Waals surface area contributed by atoms with Gasteiger partial charge in [0.1, 0.15) is 5.60 Å². The molecule has 8 nitrogen and oxygen atoms in total. The number of carbonyl (C=O) groups excluding carboxylic acids is 1. The lowest BCUT2D eigenvalue weighted by Gasteiger charge is -2.49. The lowest BCUT2D eigenvalue weighted by Crippen LogP contribution is -2.63. The van der Waals surface area contributed by atoms with E-state index in [4.69, 9.17) is 4.74 Å². The van der Waals surface area contributed by atoms with Gasteiger partial charge in [-0.15, -0.1) is 0 Å². The van der Waals surface area contributed by atoms with Gasteiger partial charge in [-0.3, -0.25) is 19.8 Å². The highest BCUT2D eigenvalue weighted by molar-refractivity contribution is 5.73. The zero-order valence-electron chi connectivity index (χ0n) is 14.9. The second-order valence-electron chi connectivity index (χ2n) is 7.20. The number of carbonyl (C=O) groups is 1. The van der Waals surface area contributed by atoms with Crippen LogP contribution in [0, 0.1) is 10.1 Å². The third kappa shape index (κ3) is 3.96. The Bertz CT molecular complexity index is 691. The third-order valence-corrected chi connectivity index (χ3v) is 5.29. The zero-order chi connectivity index (χ0) is 18.7. The summed E-state index contributed by atoms with van der Waals surface area (Å²) in [7, 11) is 0. The molecule has 2 N–H and O–H groups in total. The summed E-state index contributed by atoms with van der Waals surface area (Å²) in [6.07, 6.45) is 3.96. The molecule has 8 heteroatoms. The molecule has 2 fully saturated rings. The van der Waals surface area contributed by atoms with Crippen LogP contribution in [-0.4, -0.2) is 52.2 Å². The van der Waals surface area contributed by atoms with E-state index in [1.54, 1.807) is 6.07 Å². The van der Waals surface area contributed by atoms with Crippen molar-refractivity contribution in [2.45, 2.75) is 50.8 Å². The van der Waals surface area contributed by atoms with Crippen LogP contribution in [0.3, 0.4) is 0 Å². The van der Waals surface area contributed by atoms with Gasteiger partial charge in [0.2, 0.25) is 5.91 Å². The molecule has 2 atom stereocenters. The molecule has 1 aromatic carbocycles. The van der Waals surface area contributed by atoms with Gasteiger partial charge in [-0.1, -0.05) is 18.9 Å². The molecule has 3 rings (SSSR count). The van der Waals surface area contributed by atoms with Crippen molar-refractivity contribution in [2.24, 2.45) is 0 Å². The fraction of sp³-hybridized carbons (Fsp3) is 0.611. The van der Waals surface area contributed by atoms with Crippen molar-refractivity contribution in [1.82, 2.24) is 10.2 Å². The topological polar surface area (TPSA) is 105 Å². The van der Waals surface area contributed by atoms with Crippen LogP contribution in [0.1, 0.15) is 38.2 Å². The summed E-state index contributed by atoms with van der Waals surface area (Å²) in [5.41, 5.74) is 0.146. The van der Waals surface area contributed by atoms with E-state index in [0.29, 0.717) is 19.7 Å². The molecule has 1 spiro atoms. The number of ether oxygens (including phenoxy) is 1. The number of hydrogen-bond donors (Lipinski definition) is 2. The first kappa shape index (κ1) is 18.6. The first-order valence-corrected chi connectivity index (χ1v) is 8.99. The lowest BCUT2D eigenvalue weighted by atomic mass is 9.78. The number of aromatic hydroxyl groups is 1. The van der Waals surface area contributed by atoms with Gasteiger partial charge in [0.25, 0.3) is 0 Å². The minimum absolute atomic E-state index is 0.00168. The van der Waals surface area contributed by atoms with Gasteiger partial charge < -0.3 is 15.2 Å². The Morgan fingerprint density at radius 2 is 2.31 bits per heavy atom. The summed E-state index contributed by atoms with van der Waals surface area (Å²) in [5, 5.41) is 23.7. The summed E-state index contributed by atoms with van der Waals surface area (Å²) < 4.78 is 6.17. The Balaban J connectivity index is 1.72. The number of benzene rings is 1. The molecule has 0 bridgehead atoms. The van der Waals surface area contributed by atoms with Gasteiger partial charge in [-0.2, -0.15) is 0 Å². The van der Waals surface area contributed by atoms with E-state index in [-0.39, 0.29) is 29.0 Å². The molecule has 2 aliphatic rings. The van der Waals surface area contributed by atoms with Gasteiger partial charge in [0.15, 0.2) is 5.75 Å². The monoisotopic (exact) mass is 363 g/mol. The molecule has 1 saturated carbocycles. The number of amides is 1. The normalized spacial score (nSPS) is 26.6. The van der Waals surface area contributed by atoms with Gasteiger partial charge in [-0.25, -0.2) is 0 Å². The molecule has 1 amide bonds. The first-order valence-electron chi connectivity index (χ1n) is 8.99. The maximum absolute atomic E-state index is 11.6. The van der Waals surface area contributed by atoms with E-state index < -0.39 is 4.92 Å². The number of phenols is 1. The van der Waals surface area contributed by atoms with Gasteiger partial charge in [0.05, 0.1) is 17.6 Å². The number of morpholine rings is 1. The Kier molecular flexibility index (Phi) is 5.43. The van der Waals surface area contributed by atoms with E-state index >= 15 is 0 Å². The second-order valence-corrected chi connectivity index (χ2v) is 7.20. The molecule has 1 aliphatic carbocycles. The quantitative estimate of drug-likeness (QED) is 0.626. The Morgan fingerprint density at radius 1 is 1.50 bits per heavy atom. The van der Waals surface area contributed by atoms with E-state index in [1.165, 1.54) is 19.1 Å². The predicted octanol–water partition coefficient (Wildman–Crippen LogP) is 1.95. The van der Waals surface area contributed by atoms with Gasteiger partial charge >= 0.3 is 5.69 Å². The number of hydrogen-bond acceptors (Lipinski definition) is 6. The molecular weight excluding hydrogens is 338 g/mol. The lowest BCUT2D eigenvalue weighted by molar-refractivity contribution is -0.385. The van der Waals surface area contributed by atoms with Crippen LogP contribution in [0.25, 0.3) is 0 Å². The largest absolute Gasteiger partial charge is 0.502 e. The molecule has 142 valence electrons. The number of nitrogens with zero attached hydrogens (tertiary/aromatic N) is 2. The average Bonchev–Trinajstić information content (AvgIpc) is 2.57. The average molecular weight is 363 g/mol. The van der Waals surface area contributed by atoms with Gasteiger partial charge in [0, 0.05) is 32.6 Å². The fourth-order valence-electron chi connectivity index (χ4n) is 4.12. The molecule has 1 aromatic rings. The molecule has 1 aliphatic heterocycles. The van der Waals surface area contributed by atoms with E-state index in [2.05, 4.69) is 10.2 Å². The number of nitro groups is 1. The van der Waals surface area contributed by atoms with Gasteiger partial charge in [-0.05, 0) is 24.5 Å². The number of phenolic OH excluding ortho intramolecular Hbond substituents is 1. The molecule has 1 saturated heterocycles. The van der Waals surface area contributed by atoms with Crippen molar-refractivity contribution in [3.05, 3.63) is 33.9 Å². The summed E-state index contributed by atoms with van der Waals surface area (Å²) in [6, 6.07) is 4.46. The molecule has 1 heterocycles. The molecule has 26 heavy (non-hydrogen) atoms. The van der Waals surface area contributed by atoms with Crippen LogP contribution in [0.2, 0.25) is 0 Å². The predicted molar refractivity (Wildman–Crippen MR) is 94.8 cm³/mol. The van der Waals surface area contributed by atoms with Crippen molar-refractivity contribution in [2.75, 3.05) is 19.7 Å². The van der Waals surface area contributed by atoms with Crippen LogP contribution < -0.4 is 5.32 Å². The Labute approximate surface area is 152 Å². The number of rotatable bonds is 4. The van der Waals surface area contributed by atoms with E-state index in [0.717, 1.165) is 37.8 Å². The fourth-order valence-corrected chi connectivity index (χ4v) is 4.12. The summed E-state index contributed by atoms with van der Waals surface area (Å²) in [6.45, 7) is 4.11. The van der Waals surface area contributed by atoms with Crippen molar-refractivity contribution in [1.29, 1.82) is 0 Å². The molecule has 0 radical (unpaired) electrons. The Hall–Kier alpha value is -2.19. The molecular formula is C18H25N3O5. The van der Waals surface area contributed by atoms with Crippen LogP contribution in [-0.2, 0) is 16.1 Å². The van der Waals surface area contributed by atoms with Crippen LogP contribution in [0.15, 0.2) is 18.2 Å². The highest BCUT2D eigenvalue weighted by Crippen LogP contribution is 2.35. The SMILES string of the molecule is CC(=O)N[C@@H]1CCCC[C@]12CN(Cc1ccc([N+](=O)[O-])c(O)c1)CCO2. The summed E-state index contributed by atoms with van der Waals surface area (Å²) in [5.74, 6) is -0.360. The standard InChI is InChI=1S/C18H25N3O5/c1-13(22)19-17-4-2-3-7-18(17)12-20(8-9-26-18)11-14-5-6-15(21(24)25)16(23)10-14/h5-6,10,17,23H,2-4,7-9,11-12H2,1H3,(H,19,22)/t17-,18+/m1/s1. The minimum Gasteiger partial charge on any atom is -0.502 e. The van der Waals surface area contributed by atoms with Crippen molar-refractivity contribution in [3.63, 3.8) is 0 Å². The summed E-state index contributed by atoms with van der Waals surface area (Å²) >= 11 is 0. The highest BCUT2D eigenvalue weighted by atomic mass is 16.6. The smallest absolute Gasteiger partial charge is 0.310 e. The summed E-state index contributed by atoms with van der Waals surface area (Å²) in [4.78, 5) is 24.0. The maximum Gasteiger partial charge on any atom is 0.310 e. The van der Waals surface area contributed by atoms with Crippen molar-refractivity contribution >= 4 is 11.6 Å². The maximum atomic E-state index is 11.6. The first-order chi connectivity index (χ1) is 12.4. The van der Waals surface area contributed by atoms with Crippen LogP contribution in [0.5, 0.6) is 5.75 Å². The molecule has 0 aromatic heterocycles. The zero-order valence-corrected chi connectivity index (χ0v) is 14.9.